The van der Waals surface area contributed by atoms with Gasteiger partial charge in [-0.15, -0.1) is 0 Å². The van der Waals surface area contributed by atoms with Crippen LogP contribution in [0.1, 0.15) is 20.8 Å². The van der Waals surface area contributed by atoms with Crippen LogP contribution in [-0.4, -0.2) is 42.8 Å². The summed E-state index contributed by atoms with van der Waals surface area (Å²) in [5.41, 5.74) is 0.864. The van der Waals surface area contributed by atoms with Crippen LogP contribution in [0.15, 0.2) is 42.5 Å². The predicted octanol–water partition coefficient (Wildman–Crippen LogP) is 4.14. The first kappa shape index (κ1) is 16.2. The number of anilines is 1. The van der Waals surface area contributed by atoms with Crippen molar-refractivity contribution >= 4 is 22.6 Å². The predicted molar refractivity (Wildman–Crippen MR) is 101 cm³/mol. The molecule has 0 aliphatic carbocycles. The second-order valence-electron chi connectivity index (χ2n) is 8.34. The number of fused-ring (bicyclic) bond motifs is 2. The molecule has 0 saturated carbocycles. The molecule has 2 aliphatic rings. The molecule has 132 valence electrons. The maximum Gasteiger partial charge on any atom is 0.410 e. The van der Waals surface area contributed by atoms with Gasteiger partial charge in [0.15, 0.2) is 0 Å². The van der Waals surface area contributed by atoms with Gasteiger partial charge in [-0.05, 0) is 43.7 Å². The fraction of sp³-hybridized carbons (Fsp3) is 0.476. The minimum absolute atomic E-state index is 0.167. The summed E-state index contributed by atoms with van der Waals surface area (Å²) >= 11 is 0. The first-order valence-electron chi connectivity index (χ1n) is 9.11. The van der Waals surface area contributed by atoms with Gasteiger partial charge in [0.05, 0.1) is 0 Å². The molecule has 2 fully saturated rings. The van der Waals surface area contributed by atoms with Gasteiger partial charge in [-0.25, -0.2) is 4.79 Å². The molecule has 2 unspecified atom stereocenters. The Balaban J connectivity index is 1.42. The van der Waals surface area contributed by atoms with Gasteiger partial charge in [-0.2, -0.15) is 0 Å². The van der Waals surface area contributed by atoms with Gasteiger partial charge < -0.3 is 14.5 Å². The third-order valence-electron chi connectivity index (χ3n) is 5.24. The Morgan fingerprint density at radius 1 is 0.960 bits per heavy atom. The van der Waals surface area contributed by atoms with Gasteiger partial charge in [0.1, 0.15) is 5.60 Å². The zero-order valence-corrected chi connectivity index (χ0v) is 15.2. The van der Waals surface area contributed by atoms with E-state index in [1.165, 1.54) is 16.5 Å². The molecule has 2 atom stereocenters. The Morgan fingerprint density at radius 2 is 1.60 bits per heavy atom. The van der Waals surface area contributed by atoms with Gasteiger partial charge in [0.2, 0.25) is 0 Å². The maximum absolute atomic E-state index is 12.3. The number of amides is 1. The van der Waals surface area contributed by atoms with Crippen LogP contribution in [0.25, 0.3) is 10.8 Å². The Labute approximate surface area is 149 Å². The molecule has 25 heavy (non-hydrogen) atoms. The smallest absolute Gasteiger partial charge is 0.410 e. The third kappa shape index (κ3) is 3.30. The lowest BCUT2D eigenvalue weighted by atomic mass is 10.0. The molecule has 2 aromatic rings. The lowest BCUT2D eigenvalue weighted by molar-refractivity contribution is 0.0282. The molecule has 0 bridgehead atoms. The molecule has 2 aromatic carbocycles. The van der Waals surface area contributed by atoms with Crippen LogP contribution in [0.3, 0.4) is 0 Å². The largest absolute Gasteiger partial charge is 0.444 e. The van der Waals surface area contributed by atoms with Crippen LogP contribution in [0.5, 0.6) is 0 Å². The number of ether oxygens (including phenoxy) is 1. The number of carbonyl (C=O) groups is 1. The van der Waals surface area contributed by atoms with Crippen molar-refractivity contribution in [2.24, 2.45) is 11.8 Å². The van der Waals surface area contributed by atoms with Crippen molar-refractivity contribution in [2.45, 2.75) is 26.4 Å². The topological polar surface area (TPSA) is 32.8 Å². The summed E-state index contributed by atoms with van der Waals surface area (Å²) < 4.78 is 5.52. The van der Waals surface area contributed by atoms with Gasteiger partial charge >= 0.3 is 6.09 Å². The third-order valence-corrected chi connectivity index (χ3v) is 5.24. The second-order valence-corrected chi connectivity index (χ2v) is 8.34. The number of rotatable bonds is 1. The van der Waals surface area contributed by atoms with E-state index in [9.17, 15) is 4.79 Å². The lowest BCUT2D eigenvalue weighted by Gasteiger charge is -2.26. The fourth-order valence-electron chi connectivity index (χ4n) is 4.05. The van der Waals surface area contributed by atoms with Crippen LogP contribution >= 0.6 is 0 Å². The van der Waals surface area contributed by atoms with E-state index in [2.05, 4.69) is 47.4 Å². The van der Waals surface area contributed by atoms with Crippen LogP contribution < -0.4 is 4.90 Å². The minimum Gasteiger partial charge on any atom is -0.444 e. The molecule has 4 rings (SSSR count). The van der Waals surface area contributed by atoms with E-state index in [1.807, 2.05) is 25.7 Å². The standard InChI is InChI=1S/C21H26N2O2/c1-21(2,3)25-20(24)23-13-17-11-22(12-18(17)14-23)19-9-8-15-6-4-5-7-16(15)10-19/h4-10,17-18H,11-14H2,1-3H3. The van der Waals surface area contributed by atoms with Crippen molar-refractivity contribution in [1.29, 1.82) is 0 Å². The molecular formula is C21H26N2O2. The van der Waals surface area contributed by atoms with Crippen molar-refractivity contribution in [2.75, 3.05) is 31.1 Å². The summed E-state index contributed by atoms with van der Waals surface area (Å²) in [4.78, 5) is 16.6. The first-order valence-corrected chi connectivity index (χ1v) is 9.11. The van der Waals surface area contributed by atoms with E-state index in [1.54, 1.807) is 0 Å². The Morgan fingerprint density at radius 3 is 2.24 bits per heavy atom. The molecule has 2 aliphatic heterocycles. The summed E-state index contributed by atoms with van der Waals surface area (Å²) in [6.45, 7) is 9.41. The Hall–Kier alpha value is -2.23. The summed E-state index contributed by atoms with van der Waals surface area (Å²) in [5.74, 6) is 1.08. The molecule has 0 radical (unpaired) electrons. The number of carbonyl (C=O) groups excluding carboxylic acids is 1. The Bertz CT molecular complexity index is 782. The Kier molecular flexibility index (Phi) is 3.86. The monoisotopic (exact) mass is 338 g/mol. The normalized spacial score (nSPS) is 23.2. The summed E-state index contributed by atoms with van der Waals surface area (Å²) in [6, 6.07) is 15.2. The molecule has 4 heteroatoms. The van der Waals surface area contributed by atoms with E-state index < -0.39 is 5.60 Å². The second kappa shape index (κ2) is 5.94. The van der Waals surface area contributed by atoms with E-state index in [0.29, 0.717) is 11.8 Å². The molecule has 0 spiro atoms. The molecule has 0 N–H and O–H groups in total. The van der Waals surface area contributed by atoms with Crippen LogP contribution in [0.4, 0.5) is 10.5 Å². The number of likely N-dealkylation sites (tertiary alicyclic amines) is 1. The molecular weight excluding hydrogens is 312 g/mol. The lowest BCUT2D eigenvalue weighted by Crippen LogP contribution is -2.37. The van der Waals surface area contributed by atoms with E-state index in [0.717, 1.165) is 26.2 Å². The van der Waals surface area contributed by atoms with Crippen LogP contribution in [0.2, 0.25) is 0 Å². The highest BCUT2D eigenvalue weighted by molar-refractivity contribution is 5.85. The van der Waals surface area contributed by atoms with Gasteiger partial charge in [-0.1, -0.05) is 30.3 Å². The first-order chi connectivity index (χ1) is 11.9. The highest BCUT2D eigenvalue weighted by Gasteiger charge is 2.42. The fourth-order valence-corrected chi connectivity index (χ4v) is 4.05. The SMILES string of the molecule is CC(C)(C)OC(=O)N1CC2CN(c3ccc4ccccc4c3)CC2C1. The zero-order chi connectivity index (χ0) is 17.6. The molecule has 4 nitrogen and oxygen atoms in total. The van der Waals surface area contributed by atoms with Crippen molar-refractivity contribution < 1.29 is 9.53 Å². The number of benzene rings is 2. The number of hydrogen-bond donors (Lipinski definition) is 0. The average molecular weight is 338 g/mol. The molecule has 2 saturated heterocycles. The van der Waals surface area contributed by atoms with Crippen LogP contribution in [-0.2, 0) is 4.74 Å². The van der Waals surface area contributed by atoms with Crippen molar-refractivity contribution in [3.8, 4) is 0 Å². The number of hydrogen-bond acceptors (Lipinski definition) is 3. The highest BCUT2D eigenvalue weighted by atomic mass is 16.6. The quantitative estimate of drug-likeness (QED) is 0.783. The van der Waals surface area contributed by atoms with Crippen molar-refractivity contribution in [1.82, 2.24) is 4.90 Å². The molecule has 2 heterocycles. The highest BCUT2D eigenvalue weighted by Crippen LogP contribution is 2.35. The minimum atomic E-state index is -0.425. The van der Waals surface area contributed by atoms with Crippen molar-refractivity contribution in [3.05, 3.63) is 42.5 Å². The summed E-state index contributed by atoms with van der Waals surface area (Å²) in [5, 5.41) is 2.56. The van der Waals surface area contributed by atoms with Crippen LogP contribution in [0, 0.1) is 11.8 Å². The van der Waals surface area contributed by atoms with E-state index in [4.69, 9.17) is 4.74 Å². The molecule has 0 aromatic heterocycles. The molecule has 1 amide bonds. The summed E-state index contributed by atoms with van der Waals surface area (Å²) in [7, 11) is 0. The van der Waals surface area contributed by atoms with Gasteiger partial charge in [-0.3, -0.25) is 0 Å². The van der Waals surface area contributed by atoms with Gasteiger partial charge in [0.25, 0.3) is 0 Å². The van der Waals surface area contributed by atoms with Gasteiger partial charge in [0, 0.05) is 43.7 Å². The van der Waals surface area contributed by atoms with E-state index in [-0.39, 0.29) is 6.09 Å². The number of nitrogens with zero attached hydrogens (tertiary/aromatic N) is 2. The maximum atomic E-state index is 12.3. The van der Waals surface area contributed by atoms with Crippen molar-refractivity contribution in [3.63, 3.8) is 0 Å². The van der Waals surface area contributed by atoms with E-state index >= 15 is 0 Å². The summed E-state index contributed by atoms with van der Waals surface area (Å²) in [6.07, 6.45) is -0.167. The zero-order valence-electron chi connectivity index (χ0n) is 15.2. The average Bonchev–Trinajstić information content (AvgIpc) is 3.11.